The highest BCUT2D eigenvalue weighted by atomic mass is 32.1. The molecule has 0 bridgehead atoms. The van der Waals surface area contributed by atoms with Gasteiger partial charge in [-0.2, -0.15) is 0 Å². The molecule has 4 aromatic rings. The van der Waals surface area contributed by atoms with E-state index in [1.54, 1.807) is 6.33 Å². The minimum Gasteiger partial charge on any atom is -0.332 e. The molecule has 4 rings (SSSR count). The van der Waals surface area contributed by atoms with Gasteiger partial charge in [0.1, 0.15) is 10.3 Å². The Hall–Kier alpha value is -2.72. The van der Waals surface area contributed by atoms with Crippen LogP contribution in [0.4, 0.5) is 0 Å². The summed E-state index contributed by atoms with van der Waals surface area (Å²) in [4.78, 5) is 7.51. The molecule has 1 N–H and O–H groups in total. The van der Waals surface area contributed by atoms with Crippen molar-refractivity contribution in [1.29, 1.82) is 0 Å². The molecule has 3 nitrogen and oxygen atoms in total. The molecular formula is C19H15N3S. The molecule has 4 heteroatoms. The van der Waals surface area contributed by atoms with Crippen molar-refractivity contribution in [2.45, 2.75) is 6.92 Å². The largest absolute Gasteiger partial charge is 0.332 e. The number of hydrogen-bond acceptors (Lipinski definition) is 2. The number of aromatic nitrogens is 3. The Labute approximate surface area is 139 Å². The van der Waals surface area contributed by atoms with Crippen LogP contribution in [0.3, 0.4) is 0 Å². The quantitative estimate of drug-likeness (QED) is 0.524. The van der Waals surface area contributed by atoms with Gasteiger partial charge in [0.2, 0.25) is 0 Å². The van der Waals surface area contributed by atoms with Gasteiger partial charge in [0.25, 0.3) is 0 Å². The molecule has 0 unspecified atom stereocenters. The van der Waals surface area contributed by atoms with E-state index in [2.05, 4.69) is 64.1 Å². The molecular weight excluding hydrogens is 302 g/mol. The van der Waals surface area contributed by atoms with Crippen LogP contribution in [0.25, 0.3) is 27.8 Å². The predicted molar refractivity (Wildman–Crippen MR) is 96.4 cm³/mol. The van der Waals surface area contributed by atoms with Crippen LogP contribution < -0.4 is 0 Å². The maximum Gasteiger partial charge on any atom is 0.139 e. The topological polar surface area (TPSA) is 33.6 Å². The van der Waals surface area contributed by atoms with Crippen molar-refractivity contribution in [3.05, 3.63) is 77.3 Å². The van der Waals surface area contributed by atoms with Crippen LogP contribution in [0.5, 0.6) is 0 Å². The Balaban J connectivity index is 2.05. The van der Waals surface area contributed by atoms with Crippen LogP contribution in [0.2, 0.25) is 0 Å². The Kier molecular flexibility index (Phi) is 3.32. The normalized spacial score (nSPS) is 11.0. The van der Waals surface area contributed by atoms with Gasteiger partial charge < -0.3 is 9.55 Å². The molecule has 0 saturated carbocycles. The van der Waals surface area contributed by atoms with Crippen molar-refractivity contribution in [3.8, 4) is 16.8 Å². The van der Waals surface area contributed by atoms with Crippen molar-refractivity contribution in [3.63, 3.8) is 0 Å². The number of nitrogens with zero attached hydrogens (tertiary/aromatic N) is 2. The number of aromatic amines is 1. The van der Waals surface area contributed by atoms with E-state index in [1.165, 1.54) is 5.56 Å². The summed E-state index contributed by atoms with van der Waals surface area (Å²) in [5, 5.41) is 0.981. The Morgan fingerprint density at radius 3 is 2.48 bits per heavy atom. The number of H-pyrrole nitrogens is 1. The molecule has 0 aliphatic rings. The smallest absolute Gasteiger partial charge is 0.139 e. The lowest BCUT2D eigenvalue weighted by atomic mass is 10.1. The van der Waals surface area contributed by atoms with Gasteiger partial charge in [-0.1, -0.05) is 60.2 Å². The molecule has 23 heavy (non-hydrogen) atoms. The highest BCUT2D eigenvalue weighted by molar-refractivity contribution is 7.71. The van der Waals surface area contributed by atoms with E-state index in [-0.39, 0.29) is 0 Å². The molecule has 2 aromatic carbocycles. The van der Waals surface area contributed by atoms with Crippen LogP contribution >= 0.6 is 12.2 Å². The number of fused-ring (bicyclic) bond motifs is 1. The predicted octanol–water partition coefficient (Wildman–Crippen LogP) is 5.06. The van der Waals surface area contributed by atoms with Gasteiger partial charge in [0.15, 0.2) is 0 Å². The van der Waals surface area contributed by atoms with E-state index in [0.29, 0.717) is 4.64 Å². The fraction of sp³-hybridized carbons (Fsp3) is 0.0526. The van der Waals surface area contributed by atoms with Crippen molar-refractivity contribution in [2.75, 3.05) is 0 Å². The van der Waals surface area contributed by atoms with Crippen LogP contribution in [-0.2, 0) is 0 Å². The zero-order valence-electron chi connectivity index (χ0n) is 12.7. The van der Waals surface area contributed by atoms with Crippen LogP contribution in [-0.4, -0.2) is 14.5 Å². The first-order valence-corrected chi connectivity index (χ1v) is 7.86. The van der Waals surface area contributed by atoms with Gasteiger partial charge in [0, 0.05) is 17.4 Å². The van der Waals surface area contributed by atoms with Crippen LogP contribution in [0.15, 0.2) is 67.1 Å². The molecule has 2 aromatic heterocycles. The first-order chi connectivity index (χ1) is 11.2. The Bertz CT molecular complexity index is 1030. The third-order valence-corrected chi connectivity index (χ3v) is 4.31. The highest BCUT2D eigenvalue weighted by Crippen LogP contribution is 2.31. The second-order valence-corrected chi connectivity index (χ2v) is 5.93. The summed E-state index contributed by atoms with van der Waals surface area (Å²) in [6, 6.07) is 18.7. The standard InChI is InChI=1S/C19H15N3S/c1-13-7-9-15(10-8-13)22-11-16(14-5-3-2-4-6-14)17-18(22)20-12-21-19(17)23/h2-12H,1H3,(H,20,21,23). The summed E-state index contributed by atoms with van der Waals surface area (Å²) >= 11 is 5.48. The maximum absolute atomic E-state index is 5.48. The lowest BCUT2D eigenvalue weighted by Crippen LogP contribution is -1.94. The first kappa shape index (κ1) is 13.9. The van der Waals surface area contributed by atoms with E-state index in [4.69, 9.17) is 12.2 Å². The van der Waals surface area contributed by atoms with Crippen LogP contribution in [0, 0.1) is 11.6 Å². The molecule has 2 heterocycles. The number of benzene rings is 2. The molecule has 0 atom stereocenters. The van der Waals surface area contributed by atoms with Gasteiger partial charge in [-0.05, 0) is 24.6 Å². The van der Waals surface area contributed by atoms with E-state index in [9.17, 15) is 0 Å². The number of rotatable bonds is 2. The fourth-order valence-electron chi connectivity index (χ4n) is 2.83. The minimum absolute atomic E-state index is 0.614. The molecule has 0 aliphatic heterocycles. The summed E-state index contributed by atoms with van der Waals surface area (Å²) in [7, 11) is 0. The van der Waals surface area contributed by atoms with Crippen molar-refractivity contribution < 1.29 is 0 Å². The number of aryl methyl sites for hydroxylation is 1. The average Bonchev–Trinajstić information content (AvgIpc) is 2.97. The van der Waals surface area contributed by atoms with Gasteiger partial charge in [-0.15, -0.1) is 0 Å². The molecule has 0 spiro atoms. The lowest BCUT2D eigenvalue weighted by Gasteiger charge is -2.05. The Morgan fingerprint density at radius 2 is 1.74 bits per heavy atom. The third-order valence-electron chi connectivity index (χ3n) is 4.00. The monoisotopic (exact) mass is 317 g/mol. The highest BCUT2D eigenvalue weighted by Gasteiger charge is 2.13. The van der Waals surface area contributed by atoms with Crippen LogP contribution in [0.1, 0.15) is 5.56 Å². The molecule has 0 amide bonds. The van der Waals surface area contributed by atoms with Crippen molar-refractivity contribution >= 4 is 23.3 Å². The molecule has 0 saturated heterocycles. The zero-order valence-corrected chi connectivity index (χ0v) is 13.5. The molecule has 0 radical (unpaired) electrons. The summed E-state index contributed by atoms with van der Waals surface area (Å²) in [6.45, 7) is 2.09. The van der Waals surface area contributed by atoms with E-state index >= 15 is 0 Å². The average molecular weight is 317 g/mol. The summed E-state index contributed by atoms with van der Waals surface area (Å²) in [5.74, 6) is 0. The summed E-state index contributed by atoms with van der Waals surface area (Å²) in [6.07, 6.45) is 3.78. The van der Waals surface area contributed by atoms with Gasteiger partial charge >= 0.3 is 0 Å². The van der Waals surface area contributed by atoms with Gasteiger partial charge in [-0.3, -0.25) is 0 Å². The van der Waals surface area contributed by atoms with Gasteiger partial charge in [-0.25, -0.2) is 4.98 Å². The van der Waals surface area contributed by atoms with E-state index in [0.717, 1.165) is 27.8 Å². The van der Waals surface area contributed by atoms with Gasteiger partial charge in [0.05, 0.1) is 11.7 Å². The first-order valence-electron chi connectivity index (χ1n) is 7.45. The summed E-state index contributed by atoms with van der Waals surface area (Å²) in [5.41, 5.74) is 5.53. The second kappa shape index (κ2) is 5.48. The molecule has 112 valence electrons. The van der Waals surface area contributed by atoms with E-state index in [1.807, 2.05) is 18.2 Å². The SMILES string of the molecule is Cc1ccc(-n2cc(-c3ccccc3)c3c(=S)nc[nH]c32)cc1. The Morgan fingerprint density at radius 1 is 1.00 bits per heavy atom. The number of hydrogen-bond donors (Lipinski definition) is 1. The molecule has 0 fully saturated rings. The third kappa shape index (κ3) is 2.37. The zero-order chi connectivity index (χ0) is 15.8. The maximum atomic E-state index is 5.48. The second-order valence-electron chi connectivity index (χ2n) is 5.55. The van der Waals surface area contributed by atoms with Crippen molar-refractivity contribution in [1.82, 2.24) is 14.5 Å². The number of nitrogens with one attached hydrogen (secondary N) is 1. The fourth-order valence-corrected chi connectivity index (χ4v) is 3.09. The van der Waals surface area contributed by atoms with Crippen molar-refractivity contribution in [2.24, 2.45) is 0 Å². The summed E-state index contributed by atoms with van der Waals surface area (Å²) < 4.78 is 2.75. The lowest BCUT2D eigenvalue weighted by molar-refractivity contribution is 1.07. The van der Waals surface area contributed by atoms with E-state index < -0.39 is 0 Å². The molecule has 0 aliphatic carbocycles. The minimum atomic E-state index is 0.614.